The van der Waals surface area contributed by atoms with Gasteiger partial charge in [-0.2, -0.15) is 0 Å². The van der Waals surface area contributed by atoms with Gasteiger partial charge in [0.1, 0.15) is 0 Å². The quantitative estimate of drug-likeness (QED) is 0.552. The van der Waals surface area contributed by atoms with E-state index in [0.717, 1.165) is 37.1 Å². The maximum absolute atomic E-state index is 12.1. The van der Waals surface area contributed by atoms with Gasteiger partial charge in [-0.1, -0.05) is 0 Å². The van der Waals surface area contributed by atoms with Crippen molar-refractivity contribution in [2.75, 3.05) is 19.6 Å². The smallest absolute Gasteiger partial charge is 0.269 e. The van der Waals surface area contributed by atoms with E-state index in [-0.39, 0.29) is 35.5 Å². The molecule has 9 nitrogen and oxygen atoms in total. The Morgan fingerprint density at radius 1 is 1.38 bits per heavy atom. The molecule has 132 valence electrons. The minimum absolute atomic E-state index is 0.0282. The van der Waals surface area contributed by atoms with Gasteiger partial charge < -0.3 is 10.6 Å². The molecule has 1 fully saturated rings. The standard InChI is InChI=1S/C14H20N4O5S/c15-11-2-1-9-17(10-11)14(19)7-8-16-24(22,23)13-5-3-12(4-6-13)18(20)21/h3-6,11,16H,1-2,7-10,15H2. The molecule has 0 radical (unpaired) electrons. The molecule has 1 aliphatic rings. The van der Waals surface area contributed by atoms with Crippen LogP contribution in [0.4, 0.5) is 5.69 Å². The van der Waals surface area contributed by atoms with Crippen molar-refractivity contribution in [1.82, 2.24) is 9.62 Å². The van der Waals surface area contributed by atoms with Crippen molar-refractivity contribution in [2.45, 2.75) is 30.2 Å². The summed E-state index contributed by atoms with van der Waals surface area (Å²) in [6.45, 7) is 1.10. The summed E-state index contributed by atoms with van der Waals surface area (Å²) in [5.74, 6) is -0.142. The average Bonchev–Trinajstić information content (AvgIpc) is 2.54. The number of nitrogens with two attached hydrogens (primary N) is 1. The largest absolute Gasteiger partial charge is 0.341 e. The van der Waals surface area contributed by atoms with E-state index in [9.17, 15) is 23.3 Å². The summed E-state index contributed by atoms with van der Waals surface area (Å²) in [5.41, 5.74) is 5.63. The van der Waals surface area contributed by atoms with Gasteiger partial charge in [-0.05, 0) is 25.0 Å². The molecule has 3 N–H and O–H groups in total. The Bertz CT molecular complexity index is 704. The Morgan fingerprint density at radius 2 is 2.04 bits per heavy atom. The first-order valence-electron chi connectivity index (χ1n) is 7.57. The SMILES string of the molecule is NC1CCCN(C(=O)CCNS(=O)(=O)c2ccc([N+](=O)[O-])cc2)C1. The van der Waals surface area contributed by atoms with Crippen molar-refractivity contribution in [1.29, 1.82) is 0 Å². The third-order valence-corrected chi connectivity index (χ3v) is 5.28. The normalized spacial score (nSPS) is 18.4. The molecule has 1 saturated heterocycles. The van der Waals surface area contributed by atoms with Crippen LogP contribution in [0.5, 0.6) is 0 Å². The summed E-state index contributed by atoms with van der Waals surface area (Å²) in [5, 5.41) is 10.6. The first-order chi connectivity index (χ1) is 11.3. The zero-order chi connectivity index (χ0) is 17.7. The molecule has 24 heavy (non-hydrogen) atoms. The minimum Gasteiger partial charge on any atom is -0.341 e. The molecule has 10 heteroatoms. The summed E-state index contributed by atoms with van der Waals surface area (Å²) < 4.78 is 26.5. The van der Waals surface area contributed by atoms with Gasteiger partial charge in [0.15, 0.2) is 0 Å². The molecule has 1 atom stereocenters. The van der Waals surface area contributed by atoms with Gasteiger partial charge in [0.2, 0.25) is 15.9 Å². The van der Waals surface area contributed by atoms with Crippen LogP contribution in [0, 0.1) is 10.1 Å². The molecule has 0 spiro atoms. The second-order valence-corrected chi connectivity index (χ2v) is 7.41. The van der Waals surface area contributed by atoms with E-state index >= 15 is 0 Å². The molecule has 1 aliphatic heterocycles. The Balaban J connectivity index is 1.88. The summed E-state index contributed by atoms with van der Waals surface area (Å²) in [7, 11) is -3.81. The minimum atomic E-state index is -3.81. The second-order valence-electron chi connectivity index (χ2n) is 5.64. The van der Waals surface area contributed by atoms with Crippen LogP contribution in [0.25, 0.3) is 0 Å². The lowest BCUT2D eigenvalue weighted by molar-refractivity contribution is -0.384. The number of likely N-dealkylation sites (tertiary alicyclic amines) is 1. The fraction of sp³-hybridized carbons (Fsp3) is 0.500. The number of nitrogens with zero attached hydrogens (tertiary/aromatic N) is 2. The van der Waals surface area contributed by atoms with Gasteiger partial charge in [0, 0.05) is 44.2 Å². The van der Waals surface area contributed by atoms with Crippen LogP contribution in [0.1, 0.15) is 19.3 Å². The van der Waals surface area contributed by atoms with Crippen LogP contribution in [-0.4, -0.2) is 49.8 Å². The summed E-state index contributed by atoms with van der Waals surface area (Å²) >= 11 is 0. The number of non-ortho nitro benzene ring substituents is 1. The molecule has 0 aromatic heterocycles. The number of hydrogen-bond donors (Lipinski definition) is 2. The van der Waals surface area contributed by atoms with Crippen LogP contribution in [0.3, 0.4) is 0 Å². The third-order valence-electron chi connectivity index (χ3n) is 3.80. The van der Waals surface area contributed by atoms with Crippen molar-refractivity contribution in [3.8, 4) is 0 Å². The maximum atomic E-state index is 12.1. The third kappa shape index (κ3) is 4.73. The number of nitro groups is 1. The number of hydrogen-bond acceptors (Lipinski definition) is 6. The first kappa shape index (κ1) is 18.3. The van der Waals surface area contributed by atoms with Crippen LogP contribution in [0.15, 0.2) is 29.2 Å². The number of sulfonamides is 1. The maximum Gasteiger partial charge on any atom is 0.269 e. The van der Waals surface area contributed by atoms with E-state index < -0.39 is 14.9 Å². The average molecular weight is 356 g/mol. The van der Waals surface area contributed by atoms with Gasteiger partial charge in [-0.15, -0.1) is 0 Å². The van der Waals surface area contributed by atoms with Crippen molar-refractivity contribution >= 4 is 21.6 Å². The highest BCUT2D eigenvalue weighted by Gasteiger charge is 2.22. The predicted molar refractivity (Wildman–Crippen MR) is 86.7 cm³/mol. The number of amides is 1. The van der Waals surface area contributed by atoms with Gasteiger partial charge in [-0.25, -0.2) is 13.1 Å². The van der Waals surface area contributed by atoms with Crippen LogP contribution in [-0.2, 0) is 14.8 Å². The number of benzene rings is 1. The van der Waals surface area contributed by atoms with Crippen LogP contribution in [0.2, 0.25) is 0 Å². The zero-order valence-electron chi connectivity index (χ0n) is 13.1. The molecule has 1 heterocycles. The molecule has 1 amide bonds. The van der Waals surface area contributed by atoms with E-state index in [1.165, 1.54) is 0 Å². The molecule has 1 aromatic rings. The number of nitro benzene ring substituents is 1. The predicted octanol–water partition coefficient (Wildman–Crippen LogP) is 0.213. The lowest BCUT2D eigenvalue weighted by atomic mass is 10.1. The highest BCUT2D eigenvalue weighted by atomic mass is 32.2. The first-order valence-corrected chi connectivity index (χ1v) is 9.05. The number of carbonyl (C=O) groups excluding carboxylic acids is 1. The molecule has 0 bridgehead atoms. The number of piperidine rings is 1. The summed E-state index contributed by atoms with van der Waals surface area (Å²) in [4.78, 5) is 23.6. The van der Waals surface area contributed by atoms with Gasteiger partial charge in [0.25, 0.3) is 5.69 Å². The Hall–Kier alpha value is -2.04. The van der Waals surface area contributed by atoms with Crippen LogP contribution < -0.4 is 10.5 Å². The molecule has 2 rings (SSSR count). The fourth-order valence-electron chi connectivity index (χ4n) is 2.52. The Labute approximate surface area is 140 Å². The summed E-state index contributed by atoms with van der Waals surface area (Å²) in [6.07, 6.45) is 1.77. The van der Waals surface area contributed by atoms with Crippen molar-refractivity contribution in [2.24, 2.45) is 5.73 Å². The lowest BCUT2D eigenvalue weighted by Crippen LogP contribution is -2.46. The fourth-order valence-corrected chi connectivity index (χ4v) is 3.55. The molecule has 0 saturated carbocycles. The monoisotopic (exact) mass is 356 g/mol. The second kappa shape index (κ2) is 7.69. The van der Waals surface area contributed by atoms with Gasteiger partial charge in [-0.3, -0.25) is 14.9 Å². The Kier molecular flexibility index (Phi) is 5.86. The van der Waals surface area contributed by atoms with E-state index in [0.29, 0.717) is 13.1 Å². The topological polar surface area (TPSA) is 136 Å². The van der Waals surface area contributed by atoms with Gasteiger partial charge in [0.05, 0.1) is 9.82 Å². The molecule has 1 unspecified atom stereocenters. The van der Waals surface area contributed by atoms with Crippen molar-refractivity contribution in [3.05, 3.63) is 34.4 Å². The van der Waals surface area contributed by atoms with Gasteiger partial charge >= 0.3 is 0 Å². The zero-order valence-corrected chi connectivity index (χ0v) is 13.9. The molecule has 0 aliphatic carbocycles. The van der Waals surface area contributed by atoms with Crippen LogP contribution >= 0.6 is 0 Å². The van der Waals surface area contributed by atoms with E-state index in [2.05, 4.69) is 4.72 Å². The van der Waals surface area contributed by atoms with Crippen molar-refractivity contribution < 1.29 is 18.1 Å². The highest BCUT2D eigenvalue weighted by Crippen LogP contribution is 2.15. The molecule has 1 aromatic carbocycles. The molecular formula is C14H20N4O5S. The number of rotatable bonds is 6. The lowest BCUT2D eigenvalue weighted by Gasteiger charge is -2.30. The number of carbonyl (C=O) groups is 1. The van der Waals surface area contributed by atoms with Crippen molar-refractivity contribution in [3.63, 3.8) is 0 Å². The van der Waals surface area contributed by atoms with E-state index in [1.807, 2.05) is 0 Å². The van der Waals surface area contributed by atoms with E-state index in [4.69, 9.17) is 5.73 Å². The van der Waals surface area contributed by atoms with E-state index in [1.54, 1.807) is 4.90 Å². The highest BCUT2D eigenvalue weighted by molar-refractivity contribution is 7.89. The molecular weight excluding hydrogens is 336 g/mol. The summed E-state index contributed by atoms with van der Waals surface area (Å²) in [6, 6.07) is 4.53. The Morgan fingerprint density at radius 3 is 2.62 bits per heavy atom. The number of nitrogens with one attached hydrogen (secondary N) is 1.